The van der Waals surface area contributed by atoms with E-state index in [9.17, 15) is 14.0 Å². The lowest BCUT2D eigenvalue weighted by molar-refractivity contribution is -0.138. The monoisotopic (exact) mass is 432 g/mol. The number of nitrogens with one attached hydrogen (secondary N) is 1. The minimum atomic E-state index is -0.926. The minimum Gasteiger partial charge on any atom is -0.481 e. The van der Waals surface area contributed by atoms with E-state index in [-0.39, 0.29) is 5.78 Å². The zero-order valence-electron chi connectivity index (χ0n) is 16.2. The molecule has 4 aromatic rings. The number of aromatic nitrogens is 1. The van der Waals surface area contributed by atoms with Crippen LogP contribution in [0.4, 0.5) is 15.2 Å². The number of carbonyl (C=O) groups excluding carboxylic acids is 1. The second-order valence-corrected chi connectivity index (χ2v) is 8.57. The molecular formula is C24H17FN2O3S. The molecule has 1 saturated carbocycles. The van der Waals surface area contributed by atoms with Crippen molar-refractivity contribution in [3.8, 4) is 11.1 Å². The van der Waals surface area contributed by atoms with Gasteiger partial charge in [0.15, 0.2) is 10.9 Å². The molecule has 0 bridgehead atoms. The number of Topliss-reactive ketones (excluding diaryl/α,β-unsaturated/α-hetero) is 1. The number of benzene rings is 3. The van der Waals surface area contributed by atoms with Crippen LogP contribution in [-0.2, 0) is 4.79 Å². The third-order valence-corrected chi connectivity index (χ3v) is 6.40. The largest absolute Gasteiger partial charge is 0.481 e. The minimum absolute atomic E-state index is 0.152. The molecule has 1 aromatic heterocycles. The number of carboxylic acid groups (broad SMARTS) is 1. The van der Waals surface area contributed by atoms with Crippen molar-refractivity contribution in [2.24, 2.45) is 11.8 Å². The number of carbonyl (C=O) groups is 2. The Morgan fingerprint density at radius 2 is 1.74 bits per heavy atom. The molecule has 0 saturated heterocycles. The first-order valence-corrected chi connectivity index (χ1v) is 10.6. The van der Waals surface area contributed by atoms with Gasteiger partial charge in [0.25, 0.3) is 0 Å². The number of thiazole rings is 1. The van der Waals surface area contributed by atoms with Crippen LogP contribution in [0.3, 0.4) is 0 Å². The van der Waals surface area contributed by atoms with E-state index in [0.717, 1.165) is 15.8 Å². The first kappa shape index (κ1) is 19.4. The molecule has 3 aromatic carbocycles. The molecule has 0 radical (unpaired) electrons. The van der Waals surface area contributed by atoms with Crippen molar-refractivity contribution < 1.29 is 19.1 Å². The fourth-order valence-electron chi connectivity index (χ4n) is 3.64. The van der Waals surface area contributed by atoms with Gasteiger partial charge in [-0.05, 0) is 41.8 Å². The second-order valence-electron chi connectivity index (χ2n) is 7.53. The van der Waals surface area contributed by atoms with Crippen molar-refractivity contribution in [2.45, 2.75) is 6.42 Å². The van der Waals surface area contributed by atoms with Crippen LogP contribution in [-0.4, -0.2) is 21.8 Å². The summed E-state index contributed by atoms with van der Waals surface area (Å²) >= 11 is 1.46. The van der Waals surface area contributed by atoms with Gasteiger partial charge in [-0.15, -0.1) is 0 Å². The second kappa shape index (κ2) is 7.59. The summed E-state index contributed by atoms with van der Waals surface area (Å²) in [5, 5.41) is 12.7. The van der Waals surface area contributed by atoms with Gasteiger partial charge in [0.05, 0.1) is 21.8 Å². The Morgan fingerprint density at radius 3 is 2.42 bits per heavy atom. The summed E-state index contributed by atoms with van der Waals surface area (Å²) in [5.41, 5.74) is 3.13. The number of carboxylic acids is 1. The number of hydrogen-bond donors (Lipinski definition) is 2. The highest BCUT2D eigenvalue weighted by molar-refractivity contribution is 7.22. The number of anilines is 2. The van der Waals surface area contributed by atoms with E-state index in [4.69, 9.17) is 5.11 Å². The van der Waals surface area contributed by atoms with Gasteiger partial charge in [-0.25, -0.2) is 9.37 Å². The van der Waals surface area contributed by atoms with Gasteiger partial charge >= 0.3 is 5.97 Å². The van der Waals surface area contributed by atoms with Crippen LogP contribution in [0.1, 0.15) is 16.8 Å². The fraction of sp³-hybridized carbons (Fsp3) is 0.125. The molecule has 0 spiro atoms. The van der Waals surface area contributed by atoms with Crippen LogP contribution in [0.15, 0.2) is 66.7 Å². The molecular weight excluding hydrogens is 415 g/mol. The Bertz CT molecular complexity index is 1280. The standard InChI is InChI=1S/C24H17FN2O3S/c25-18-11-15(9-10-19(18)26-24-27-20-3-1-2-4-21(20)31-24)13-5-7-14(8-6-13)22(28)16-12-17(16)23(29)30/h1-11,16-17H,12H2,(H,26,27)(H,29,30)/t16?,17-/m1/s1. The zero-order chi connectivity index (χ0) is 21.5. The molecule has 1 unspecified atom stereocenters. The van der Waals surface area contributed by atoms with Crippen molar-refractivity contribution in [3.63, 3.8) is 0 Å². The lowest BCUT2D eigenvalue weighted by Crippen LogP contribution is -2.08. The van der Waals surface area contributed by atoms with Gasteiger partial charge in [-0.3, -0.25) is 9.59 Å². The molecule has 7 heteroatoms. The SMILES string of the molecule is O=C(c1ccc(-c2ccc(Nc3nc4ccccc4s3)c(F)c2)cc1)C1C[C@H]1C(=O)O. The maximum Gasteiger partial charge on any atom is 0.307 e. The number of halogens is 1. The molecule has 31 heavy (non-hydrogen) atoms. The fourth-order valence-corrected chi connectivity index (χ4v) is 4.51. The summed E-state index contributed by atoms with van der Waals surface area (Å²) in [6, 6.07) is 19.5. The van der Waals surface area contributed by atoms with Crippen LogP contribution in [0.5, 0.6) is 0 Å². The van der Waals surface area contributed by atoms with Crippen molar-refractivity contribution in [1.82, 2.24) is 4.98 Å². The molecule has 2 N–H and O–H groups in total. The lowest BCUT2D eigenvalue weighted by Gasteiger charge is -2.08. The van der Waals surface area contributed by atoms with Gasteiger partial charge in [-0.2, -0.15) is 0 Å². The molecule has 0 amide bonds. The van der Waals surface area contributed by atoms with Crippen LogP contribution in [0, 0.1) is 17.7 Å². The topological polar surface area (TPSA) is 79.3 Å². The number of fused-ring (bicyclic) bond motifs is 1. The normalized spacial score (nSPS) is 17.5. The Labute approximate surface area is 181 Å². The van der Waals surface area contributed by atoms with E-state index in [1.54, 1.807) is 36.4 Å². The number of aliphatic carboxylic acids is 1. The molecule has 0 aliphatic heterocycles. The quantitative estimate of drug-likeness (QED) is 0.379. The molecule has 154 valence electrons. The molecule has 5 nitrogen and oxygen atoms in total. The van der Waals surface area contributed by atoms with Crippen LogP contribution in [0.25, 0.3) is 21.3 Å². The van der Waals surface area contributed by atoms with Gasteiger partial charge < -0.3 is 10.4 Å². The van der Waals surface area contributed by atoms with Crippen molar-refractivity contribution >= 4 is 44.1 Å². The maximum absolute atomic E-state index is 14.7. The third kappa shape index (κ3) is 3.80. The van der Waals surface area contributed by atoms with Crippen LogP contribution in [0.2, 0.25) is 0 Å². The molecule has 2 atom stereocenters. The number of nitrogens with zero attached hydrogens (tertiary/aromatic N) is 1. The number of para-hydroxylation sites is 1. The summed E-state index contributed by atoms with van der Waals surface area (Å²) < 4.78 is 15.7. The number of ketones is 1. The van der Waals surface area contributed by atoms with Gasteiger partial charge in [0, 0.05) is 11.5 Å². The average Bonchev–Trinajstić information content (AvgIpc) is 3.48. The highest BCUT2D eigenvalue weighted by Crippen LogP contribution is 2.41. The van der Waals surface area contributed by atoms with Crippen LogP contribution < -0.4 is 5.32 Å². The summed E-state index contributed by atoms with van der Waals surface area (Å²) in [7, 11) is 0. The van der Waals surface area contributed by atoms with E-state index in [1.807, 2.05) is 24.3 Å². The third-order valence-electron chi connectivity index (χ3n) is 5.45. The predicted octanol–water partition coefficient (Wildman–Crippen LogP) is 5.75. The Kier molecular flexibility index (Phi) is 4.75. The number of rotatable bonds is 6. The summed E-state index contributed by atoms with van der Waals surface area (Å²) in [5.74, 6) is -2.49. The lowest BCUT2D eigenvalue weighted by atomic mass is 10.00. The number of hydrogen-bond acceptors (Lipinski definition) is 5. The molecule has 5 rings (SSSR count). The van der Waals surface area contributed by atoms with Gasteiger partial charge in [0.2, 0.25) is 0 Å². The van der Waals surface area contributed by atoms with Crippen molar-refractivity contribution in [3.05, 3.63) is 78.1 Å². The van der Waals surface area contributed by atoms with Crippen molar-refractivity contribution in [2.75, 3.05) is 5.32 Å². The zero-order valence-corrected chi connectivity index (χ0v) is 17.0. The van der Waals surface area contributed by atoms with E-state index in [2.05, 4.69) is 10.3 Å². The van der Waals surface area contributed by atoms with Gasteiger partial charge in [0.1, 0.15) is 5.82 Å². The molecule has 1 aliphatic carbocycles. The van der Waals surface area contributed by atoms with Crippen molar-refractivity contribution in [1.29, 1.82) is 0 Å². The highest BCUT2D eigenvalue weighted by atomic mass is 32.1. The van der Waals surface area contributed by atoms with E-state index < -0.39 is 23.6 Å². The van der Waals surface area contributed by atoms with Gasteiger partial charge in [-0.1, -0.05) is 53.8 Å². The average molecular weight is 432 g/mol. The van der Waals surface area contributed by atoms with Crippen LogP contribution >= 0.6 is 11.3 Å². The molecule has 1 fully saturated rings. The highest BCUT2D eigenvalue weighted by Gasteiger charge is 2.48. The van der Waals surface area contributed by atoms with E-state index in [1.165, 1.54) is 17.4 Å². The summed E-state index contributed by atoms with van der Waals surface area (Å²) in [6.07, 6.45) is 0.393. The predicted molar refractivity (Wildman–Crippen MR) is 118 cm³/mol. The van der Waals surface area contributed by atoms with E-state index >= 15 is 0 Å². The molecule has 1 aliphatic rings. The summed E-state index contributed by atoms with van der Waals surface area (Å²) in [4.78, 5) is 27.8. The smallest absolute Gasteiger partial charge is 0.307 e. The first-order valence-electron chi connectivity index (χ1n) is 9.79. The Morgan fingerprint density at radius 1 is 1.00 bits per heavy atom. The summed E-state index contributed by atoms with van der Waals surface area (Å²) in [6.45, 7) is 0. The Balaban J connectivity index is 1.32. The first-order chi connectivity index (χ1) is 15.0. The Hall–Kier alpha value is -3.58. The van der Waals surface area contributed by atoms with E-state index in [0.29, 0.717) is 28.4 Å². The maximum atomic E-state index is 14.7. The molecule has 1 heterocycles.